The van der Waals surface area contributed by atoms with Gasteiger partial charge in [0, 0.05) is 36.3 Å². The summed E-state index contributed by atoms with van der Waals surface area (Å²) in [7, 11) is 0. The quantitative estimate of drug-likeness (QED) is 0.708. The van der Waals surface area contributed by atoms with Gasteiger partial charge in [-0.15, -0.1) is 0 Å². The van der Waals surface area contributed by atoms with Crippen LogP contribution >= 0.6 is 0 Å². The fourth-order valence-electron chi connectivity index (χ4n) is 2.54. The fraction of sp³-hybridized carbons (Fsp3) is 0.381. The molecular formula is C21H24F2N2O3. The number of ketones is 1. The van der Waals surface area contributed by atoms with Crippen LogP contribution in [0.15, 0.2) is 36.5 Å². The van der Waals surface area contributed by atoms with Crippen LogP contribution in [0.25, 0.3) is 0 Å². The number of amides is 1. The molecule has 7 heteroatoms. The molecule has 0 saturated heterocycles. The fourth-order valence-corrected chi connectivity index (χ4v) is 2.54. The van der Waals surface area contributed by atoms with Crippen molar-refractivity contribution in [2.24, 2.45) is 5.92 Å². The van der Waals surface area contributed by atoms with Gasteiger partial charge in [0.25, 0.3) is 12.3 Å². The molecule has 0 atom stereocenters. The first-order valence-electron chi connectivity index (χ1n) is 9.03. The van der Waals surface area contributed by atoms with Gasteiger partial charge in [0.05, 0.1) is 0 Å². The highest BCUT2D eigenvalue weighted by Crippen LogP contribution is 2.22. The van der Waals surface area contributed by atoms with Gasteiger partial charge in [-0.25, -0.2) is 8.78 Å². The lowest BCUT2D eigenvalue weighted by molar-refractivity contribution is -0.121. The molecule has 2 rings (SSSR count). The van der Waals surface area contributed by atoms with Crippen LogP contribution in [0.2, 0.25) is 0 Å². The van der Waals surface area contributed by atoms with E-state index in [1.54, 1.807) is 37.3 Å². The number of hydrogen-bond donors (Lipinski definition) is 1. The van der Waals surface area contributed by atoms with E-state index in [-0.39, 0.29) is 30.6 Å². The summed E-state index contributed by atoms with van der Waals surface area (Å²) in [6.45, 7) is 4.94. The number of hydrogen-bond acceptors (Lipinski definition) is 4. The molecule has 0 spiro atoms. The first-order chi connectivity index (χ1) is 13.3. The van der Waals surface area contributed by atoms with Gasteiger partial charge in [-0.1, -0.05) is 26.0 Å². The third-order valence-corrected chi connectivity index (χ3v) is 4.28. The van der Waals surface area contributed by atoms with E-state index in [4.69, 9.17) is 4.74 Å². The first kappa shape index (κ1) is 21.5. The van der Waals surface area contributed by atoms with Crippen molar-refractivity contribution in [1.29, 1.82) is 0 Å². The molecule has 150 valence electrons. The molecule has 0 aliphatic rings. The number of pyridine rings is 1. The SMILES string of the molecule is Cc1c(CNC(=O)c2ccnc(CC(=O)C(C)C)c2)cccc1OCC(F)F. The maximum atomic E-state index is 12.4. The molecule has 0 radical (unpaired) electrons. The van der Waals surface area contributed by atoms with E-state index in [9.17, 15) is 18.4 Å². The smallest absolute Gasteiger partial charge is 0.272 e. The number of aromatic nitrogens is 1. The van der Waals surface area contributed by atoms with E-state index >= 15 is 0 Å². The Hall–Kier alpha value is -2.83. The summed E-state index contributed by atoms with van der Waals surface area (Å²) >= 11 is 0. The minimum absolute atomic E-state index is 0.0568. The Labute approximate surface area is 163 Å². The second kappa shape index (κ2) is 9.92. The highest BCUT2D eigenvalue weighted by atomic mass is 19.3. The highest BCUT2D eigenvalue weighted by molar-refractivity contribution is 5.94. The predicted molar refractivity (Wildman–Crippen MR) is 102 cm³/mol. The van der Waals surface area contributed by atoms with Crippen molar-refractivity contribution in [3.63, 3.8) is 0 Å². The summed E-state index contributed by atoms with van der Waals surface area (Å²) in [5.41, 5.74) is 2.42. The van der Waals surface area contributed by atoms with E-state index in [0.717, 1.165) is 5.56 Å². The number of Topliss-reactive ketones (excluding diaryl/α,β-unsaturated/α-hetero) is 1. The van der Waals surface area contributed by atoms with Crippen molar-refractivity contribution in [1.82, 2.24) is 10.3 Å². The number of nitrogens with zero attached hydrogens (tertiary/aromatic N) is 1. The van der Waals surface area contributed by atoms with Crippen molar-refractivity contribution in [2.75, 3.05) is 6.61 Å². The van der Waals surface area contributed by atoms with E-state index in [1.807, 2.05) is 13.8 Å². The number of carbonyl (C=O) groups is 2. The van der Waals surface area contributed by atoms with Crippen molar-refractivity contribution < 1.29 is 23.1 Å². The van der Waals surface area contributed by atoms with Gasteiger partial charge in [0.15, 0.2) is 0 Å². The molecule has 2 aromatic rings. The van der Waals surface area contributed by atoms with Gasteiger partial charge in [-0.3, -0.25) is 14.6 Å². The zero-order valence-corrected chi connectivity index (χ0v) is 16.2. The maximum absolute atomic E-state index is 12.4. The van der Waals surface area contributed by atoms with Crippen molar-refractivity contribution in [3.8, 4) is 5.75 Å². The van der Waals surface area contributed by atoms with Gasteiger partial charge in [-0.2, -0.15) is 0 Å². The molecule has 5 nitrogen and oxygen atoms in total. The average molecular weight is 390 g/mol. The van der Waals surface area contributed by atoms with E-state index in [0.29, 0.717) is 22.6 Å². The number of rotatable bonds is 9. The van der Waals surface area contributed by atoms with E-state index < -0.39 is 13.0 Å². The number of ether oxygens (including phenoxy) is 1. The molecule has 0 aliphatic carbocycles. The Morgan fingerprint density at radius 1 is 1.21 bits per heavy atom. The summed E-state index contributed by atoms with van der Waals surface area (Å²) in [6.07, 6.45) is -0.866. The Balaban J connectivity index is 2.02. The van der Waals surface area contributed by atoms with Crippen molar-refractivity contribution in [3.05, 3.63) is 58.9 Å². The van der Waals surface area contributed by atoms with Crippen molar-refractivity contribution >= 4 is 11.7 Å². The molecule has 28 heavy (non-hydrogen) atoms. The second-order valence-electron chi connectivity index (χ2n) is 6.76. The Bertz CT molecular complexity index is 838. The topological polar surface area (TPSA) is 68.3 Å². The third-order valence-electron chi connectivity index (χ3n) is 4.28. The normalized spacial score (nSPS) is 11.0. The van der Waals surface area contributed by atoms with E-state index in [1.165, 1.54) is 6.20 Å². The molecule has 0 aliphatic heterocycles. The Morgan fingerprint density at radius 3 is 2.64 bits per heavy atom. The van der Waals surface area contributed by atoms with Gasteiger partial charge in [0.1, 0.15) is 18.1 Å². The minimum atomic E-state index is -2.55. The highest BCUT2D eigenvalue weighted by Gasteiger charge is 2.13. The summed E-state index contributed by atoms with van der Waals surface area (Å²) in [5.74, 6) is 0.0208. The number of alkyl halides is 2. The van der Waals surface area contributed by atoms with Crippen LogP contribution in [0, 0.1) is 12.8 Å². The molecule has 1 amide bonds. The maximum Gasteiger partial charge on any atom is 0.272 e. The molecule has 1 heterocycles. The summed E-state index contributed by atoms with van der Waals surface area (Å²) < 4.78 is 29.8. The number of halogens is 2. The molecule has 1 aromatic carbocycles. The molecule has 0 unspecified atom stereocenters. The van der Waals surface area contributed by atoms with Crippen LogP contribution in [0.3, 0.4) is 0 Å². The Kier molecular flexibility index (Phi) is 7.61. The average Bonchev–Trinajstić information content (AvgIpc) is 2.66. The predicted octanol–water partition coefficient (Wildman–Crippen LogP) is 3.73. The van der Waals surface area contributed by atoms with Crippen LogP contribution in [0.5, 0.6) is 5.75 Å². The van der Waals surface area contributed by atoms with Crippen LogP contribution in [-0.2, 0) is 17.8 Å². The second-order valence-corrected chi connectivity index (χ2v) is 6.76. The number of nitrogens with one attached hydrogen (secondary N) is 1. The first-order valence-corrected chi connectivity index (χ1v) is 9.03. The molecule has 0 bridgehead atoms. The lowest BCUT2D eigenvalue weighted by atomic mass is 10.0. The van der Waals surface area contributed by atoms with E-state index in [2.05, 4.69) is 10.3 Å². The Morgan fingerprint density at radius 2 is 1.96 bits per heavy atom. The van der Waals surface area contributed by atoms with Gasteiger partial charge >= 0.3 is 0 Å². The van der Waals surface area contributed by atoms with Crippen molar-refractivity contribution in [2.45, 2.75) is 40.2 Å². The molecule has 0 fully saturated rings. The summed E-state index contributed by atoms with van der Waals surface area (Å²) in [6, 6.07) is 8.28. The standard InChI is InChI=1S/C21H24F2N2O3/c1-13(2)18(26)10-17-9-15(7-8-24-17)21(27)25-11-16-5-4-6-19(14(16)3)28-12-20(22)23/h4-9,13,20H,10-12H2,1-3H3,(H,25,27). The van der Waals surface area contributed by atoms with Crippen LogP contribution in [0.4, 0.5) is 8.78 Å². The third kappa shape index (κ3) is 6.11. The summed E-state index contributed by atoms with van der Waals surface area (Å²) in [5, 5.41) is 2.80. The largest absolute Gasteiger partial charge is 0.487 e. The summed E-state index contributed by atoms with van der Waals surface area (Å²) in [4.78, 5) is 28.5. The van der Waals surface area contributed by atoms with Crippen LogP contribution < -0.4 is 10.1 Å². The molecule has 1 aromatic heterocycles. The molecule has 0 saturated carbocycles. The number of carbonyl (C=O) groups excluding carboxylic acids is 2. The van der Waals surface area contributed by atoms with Crippen LogP contribution in [-0.4, -0.2) is 29.7 Å². The number of benzene rings is 1. The van der Waals surface area contributed by atoms with Crippen LogP contribution in [0.1, 0.15) is 41.0 Å². The van der Waals surface area contributed by atoms with Gasteiger partial charge < -0.3 is 10.1 Å². The van der Waals surface area contributed by atoms with Gasteiger partial charge in [0.2, 0.25) is 0 Å². The molecule has 1 N–H and O–H groups in total. The zero-order chi connectivity index (χ0) is 20.7. The molecular weight excluding hydrogens is 366 g/mol. The lowest BCUT2D eigenvalue weighted by Gasteiger charge is -2.13. The zero-order valence-electron chi connectivity index (χ0n) is 16.2. The van der Waals surface area contributed by atoms with Gasteiger partial charge in [-0.05, 0) is 36.2 Å². The lowest BCUT2D eigenvalue weighted by Crippen LogP contribution is -2.24. The monoisotopic (exact) mass is 390 g/mol. The minimum Gasteiger partial charge on any atom is -0.487 e.